The number of aliphatic hydroxyl groups excluding tert-OH is 1. The van der Waals surface area contributed by atoms with Crippen LogP contribution in [0, 0.1) is 11.6 Å². The van der Waals surface area contributed by atoms with Gasteiger partial charge in [0, 0.05) is 42.1 Å². The second-order valence-corrected chi connectivity index (χ2v) is 9.49. The van der Waals surface area contributed by atoms with E-state index in [1.165, 1.54) is 12.1 Å². The van der Waals surface area contributed by atoms with Crippen molar-refractivity contribution >= 4 is 27.7 Å². The van der Waals surface area contributed by atoms with Crippen LogP contribution < -0.4 is 15.6 Å². The zero-order chi connectivity index (χ0) is 26.3. The second kappa shape index (κ2) is 12.3. The maximum absolute atomic E-state index is 13.5. The van der Waals surface area contributed by atoms with Crippen LogP contribution in [0.15, 0.2) is 76.2 Å². The molecule has 1 aliphatic heterocycles. The first-order chi connectivity index (χ1) is 17.9. The molecule has 1 aliphatic rings. The highest BCUT2D eigenvalue weighted by atomic mass is 79.9. The Hall–Kier alpha value is -3.34. The molecule has 10 heteroatoms. The van der Waals surface area contributed by atoms with Crippen molar-refractivity contribution < 1.29 is 28.2 Å². The minimum absolute atomic E-state index is 0.00918. The number of aliphatic hydroxyl groups is 1. The smallest absolute Gasteiger partial charge is 0.266 e. The fraction of sp³-hybridized carbons (Fsp3) is 0.259. The summed E-state index contributed by atoms with van der Waals surface area (Å²) < 4.78 is 39.3. The third-order valence-electron chi connectivity index (χ3n) is 5.68. The molecule has 0 aliphatic carbocycles. The van der Waals surface area contributed by atoms with Crippen LogP contribution in [0.3, 0.4) is 0 Å². The summed E-state index contributed by atoms with van der Waals surface area (Å²) in [5.41, 5.74) is 6.00. The van der Waals surface area contributed by atoms with Gasteiger partial charge in [-0.3, -0.25) is 10.2 Å². The molecule has 0 radical (unpaired) electrons. The number of carbonyl (C=O) groups excluding carboxylic acids is 1. The molecule has 0 saturated heterocycles. The van der Waals surface area contributed by atoms with E-state index in [4.69, 9.17) is 19.6 Å². The SMILES string of the molecule is O=C(NNCc1cc(F)cc(F)c1)[C@]1(Cc2ccc(Br)cc2)COC(c2ccc(OCCCO)cc2)=N1. The van der Waals surface area contributed by atoms with Crippen molar-refractivity contribution in [2.45, 2.75) is 24.9 Å². The van der Waals surface area contributed by atoms with E-state index in [0.29, 0.717) is 35.8 Å². The van der Waals surface area contributed by atoms with Gasteiger partial charge < -0.3 is 14.6 Å². The lowest BCUT2D eigenvalue weighted by molar-refractivity contribution is -0.127. The summed E-state index contributed by atoms with van der Waals surface area (Å²) in [6, 6.07) is 17.8. The summed E-state index contributed by atoms with van der Waals surface area (Å²) >= 11 is 3.42. The van der Waals surface area contributed by atoms with Gasteiger partial charge in [-0.05, 0) is 59.7 Å². The van der Waals surface area contributed by atoms with Gasteiger partial charge in [0.05, 0.1) is 6.61 Å². The summed E-state index contributed by atoms with van der Waals surface area (Å²) in [6.45, 7) is 0.484. The summed E-state index contributed by atoms with van der Waals surface area (Å²) in [6.07, 6.45) is 0.807. The number of aliphatic imine (C=N–C) groups is 1. The van der Waals surface area contributed by atoms with E-state index in [0.717, 1.165) is 16.1 Å². The number of amides is 1. The Morgan fingerprint density at radius 2 is 1.76 bits per heavy atom. The lowest BCUT2D eigenvalue weighted by Gasteiger charge is -2.23. The Morgan fingerprint density at radius 1 is 1.05 bits per heavy atom. The number of rotatable bonds is 11. The van der Waals surface area contributed by atoms with Gasteiger partial charge in [0.25, 0.3) is 5.91 Å². The average Bonchev–Trinajstić information content (AvgIpc) is 3.31. The summed E-state index contributed by atoms with van der Waals surface area (Å²) in [7, 11) is 0. The first kappa shape index (κ1) is 26.7. The van der Waals surface area contributed by atoms with Crippen LogP contribution in [-0.2, 0) is 22.5 Å². The number of ether oxygens (including phenoxy) is 2. The van der Waals surface area contributed by atoms with Gasteiger partial charge in [0.2, 0.25) is 5.90 Å². The molecule has 3 aromatic rings. The molecule has 4 rings (SSSR count). The molecule has 0 spiro atoms. The number of hydrogen-bond donors (Lipinski definition) is 3. The zero-order valence-electron chi connectivity index (χ0n) is 19.8. The summed E-state index contributed by atoms with van der Waals surface area (Å²) in [5, 5.41) is 8.90. The molecular weight excluding hydrogens is 548 g/mol. The van der Waals surface area contributed by atoms with E-state index in [-0.39, 0.29) is 26.2 Å². The summed E-state index contributed by atoms with van der Waals surface area (Å²) in [4.78, 5) is 18.1. The highest BCUT2D eigenvalue weighted by molar-refractivity contribution is 9.10. The van der Waals surface area contributed by atoms with Crippen LogP contribution in [0.25, 0.3) is 0 Å². The molecule has 0 aromatic heterocycles. The average molecular weight is 574 g/mol. The van der Waals surface area contributed by atoms with Crippen LogP contribution in [0.5, 0.6) is 5.75 Å². The molecule has 194 valence electrons. The number of carbonyl (C=O) groups is 1. The highest BCUT2D eigenvalue weighted by Crippen LogP contribution is 2.28. The molecule has 37 heavy (non-hydrogen) atoms. The maximum atomic E-state index is 13.5. The molecule has 1 heterocycles. The fourth-order valence-electron chi connectivity index (χ4n) is 3.83. The van der Waals surface area contributed by atoms with Crippen LogP contribution in [0.1, 0.15) is 23.1 Å². The van der Waals surface area contributed by atoms with Crippen molar-refractivity contribution in [2.24, 2.45) is 4.99 Å². The summed E-state index contributed by atoms with van der Waals surface area (Å²) in [5.74, 6) is -0.864. The fourth-order valence-corrected chi connectivity index (χ4v) is 4.09. The number of hydrogen-bond acceptors (Lipinski definition) is 6. The molecule has 0 unspecified atom stereocenters. The van der Waals surface area contributed by atoms with Gasteiger partial charge in [-0.25, -0.2) is 19.2 Å². The van der Waals surface area contributed by atoms with Gasteiger partial charge in [-0.15, -0.1) is 0 Å². The third kappa shape index (κ3) is 7.12. The normalized spacial score (nSPS) is 16.7. The van der Waals surface area contributed by atoms with E-state index < -0.39 is 23.1 Å². The van der Waals surface area contributed by atoms with Crippen molar-refractivity contribution in [3.05, 3.63) is 99.5 Å². The van der Waals surface area contributed by atoms with Gasteiger partial charge in [-0.1, -0.05) is 28.1 Å². The number of benzene rings is 3. The molecule has 0 saturated carbocycles. The van der Waals surface area contributed by atoms with E-state index in [1.807, 2.05) is 24.3 Å². The van der Waals surface area contributed by atoms with Crippen molar-refractivity contribution in [3.63, 3.8) is 0 Å². The first-order valence-corrected chi connectivity index (χ1v) is 12.5. The molecule has 3 N–H and O–H groups in total. The molecule has 7 nitrogen and oxygen atoms in total. The predicted octanol–water partition coefficient (Wildman–Crippen LogP) is 4.07. The lowest BCUT2D eigenvalue weighted by Crippen LogP contribution is -2.52. The standard InChI is InChI=1S/C27H26BrF2N3O4/c28-21-6-2-18(3-7-21)15-27(26(35)33-31-16-19-12-22(29)14-23(30)13-19)17-37-25(32-27)20-4-8-24(9-5-20)36-11-1-10-34/h2-9,12-14,31,34H,1,10-11,15-17H2,(H,33,35)/t27-/m0/s1. The van der Waals surface area contributed by atoms with E-state index in [9.17, 15) is 13.6 Å². The van der Waals surface area contributed by atoms with Crippen molar-refractivity contribution in [1.29, 1.82) is 0 Å². The van der Waals surface area contributed by atoms with E-state index >= 15 is 0 Å². The number of nitrogens with one attached hydrogen (secondary N) is 2. The van der Waals surface area contributed by atoms with E-state index in [1.54, 1.807) is 24.3 Å². The minimum atomic E-state index is -1.26. The topological polar surface area (TPSA) is 92.2 Å². The Labute approximate surface area is 221 Å². The van der Waals surface area contributed by atoms with Crippen LogP contribution in [-0.4, -0.2) is 42.3 Å². The third-order valence-corrected chi connectivity index (χ3v) is 6.21. The monoisotopic (exact) mass is 573 g/mol. The van der Waals surface area contributed by atoms with Crippen LogP contribution in [0.2, 0.25) is 0 Å². The predicted molar refractivity (Wildman–Crippen MR) is 138 cm³/mol. The van der Waals surface area contributed by atoms with Crippen LogP contribution in [0.4, 0.5) is 8.78 Å². The first-order valence-electron chi connectivity index (χ1n) is 11.7. The van der Waals surface area contributed by atoms with Gasteiger partial charge in [0.1, 0.15) is 24.0 Å². The quantitative estimate of drug-likeness (QED) is 0.237. The zero-order valence-corrected chi connectivity index (χ0v) is 21.4. The Kier molecular flexibility index (Phi) is 8.86. The van der Waals surface area contributed by atoms with Crippen molar-refractivity contribution in [2.75, 3.05) is 19.8 Å². The van der Waals surface area contributed by atoms with Crippen molar-refractivity contribution in [3.8, 4) is 5.75 Å². The lowest BCUT2D eigenvalue weighted by atomic mass is 9.91. The Balaban J connectivity index is 1.51. The number of halogens is 3. The van der Waals surface area contributed by atoms with Gasteiger partial charge in [0.15, 0.2) is 5.54 Å². The largest absolute Gasteiger partial charge is 0.494 e. The Morgan fingerprint density at radius 3 is 2.43 bits per heavy atom. The number of hydrazine groups is 1. The molecule has 0 fully saturated rings. The van der Waals surface area contributed by atoms with Crippen molar-refractivity contribution in [1.82, 2.24) is 10.9 Å². The minimum Gasteiger partial charge on any atom is -0.494 e. The maximum Gasteiger partial charge on any atom is 0.266 e. The van der Waals surface area contributed by atoms with Gasteiger partial charge in [-0.2, -0.15) is 0 Å². The highest BCUT2D eigenvalue weighted by Gasteiger charge is 2.44. The van der Waals surface area contributed by atoms with E-state index in [2.05, 4.69) is 26.8 Å². The molecule has 1 amide bonds. The molecular formula is C27H26BrF2N3O4. The molecule has 1 atom stereocenters. The molecule has 3 aromatic carbocycles. The number of nitrogens with zero attached hydrogens (tertiary/aromatic N) is 1. The van der Waals surface area contributed by atoms with Crippen LogP contribution >= 0.6 is 15.9 Å². The second-order valence-electron chi connectivity index (χ2n) is 8.58. The Bertz CT molecular complexity index is 1240. The molecule has 0 bridgehead atoms. The van der Waals surface area contributed by atoms with Gasteiger partial charge >= 0.3 is 0 Å².